The van der Waals surface area contributed by atoms with Crippen molar-refractivity contribution in [2.24, 2.45) is 0 Å². The summed E-state index contributed by atoms with van der Waals surface area (Å²) in [5, 5.41) is 0. The van der Waals surface area contributed by atoms with Gasteiger partial charge in [-0.25, -0.2) is 0 Å². The molecule has 0 bridgehead atoms. The average Bonchev–Trinajstić information content (AvgIpc) is 2.06. The molecule has 0 N–H and O–H groups in total. The Hall–Kier alpha value is -0.970. The molecule has 0 saturated carbocycles. The van der Waals surface area contributed by atoms with Gasteiger partial charge in [0.25, 0.3) is 0 Å². The van der Waals surface area contributed by atoms with E-state index in [0.717, 1.165) is 0 Å². The van der Waals surface area contributed by atoms with E-state index >= 15 is 0 Å². The van der Waals surface area contributed by atoms with Crippen LogP contribution in [0.25, 0.3) is 0 Å². The smallest absolute Gasteiger partial charge is 0.298 e. The molecule has 0 radical (unpaired) electrons. The number of aldehydes is 1. The molecule has 0 aromatic heterocycles. The molecule has 14 heavy (non-hydrogen) atoms. The molecule has 0 saturated heterocycles. The van der Waals surface area contributed by atoms with Crippen molar-refractivity contribution in [3.63, 3.8) is 0 Å². The van der Waals surface area contributed by atoms with Crippen molar-refractivity contribution in [3.8, 4) is 0 Å². The topological polar surface area (TPSA) is 17.1 Å². The third kappa shape index (κ3) is 3.06. The lowest BCUT2D eigenvalue weighted by Crippen LogP contribution is -2.00. The quantitative estimate of drug-likeness (QED) is 0.561. The summed E-state index contributed by atoms with van der Waals surface area (Å²) in [5.74, 6) is 0. The first-order valence-corrected chi connectivity index (χ1v) is 4.55. The van der Waals surface area contributed by atoms with E-state index in [1.165, 1.54) is 18.2 Å². The Morgan fingerprint density at radius 1 is 1.36 bits per heavy atom. The molecule has 76 valence electrons. The summed E-state index contributed by atoms with van der Waals surface area (Å²) in [7, 11) is 0. The number of rotatable bonds is 2. The minimum absolute atomic E-state index is 0.128. The predicted molar refractivity (Wildman–Crippen MR) is 48.5 cm³/mol. The fraction of sp³-hybridized carbons (Fsp3) is 0.222. The minimum Gasteiger partial charge on any atom is -0.298 e. The monoisotopic (exact) mass is 220 g/mol. The number of hydrogen-bond donors (Lipinski definition) is 0. The van der Waals surface area contributed by atoms with Crippen molar-refractivity contribution in [1.82, 2.24) is 0 Å². The molecule has 0 atom stereocenters. The first-order valence-electron chi connectivity index (χ1n) is 3.74. The Morgan fingerprint density at radius 3 is 2.43 bits per heavy atom. The summed E-state index contributed by atoms with van der Waals surface area (Å²) in [6.45, 7) is 1.54. The van der Waals surface area contributed by atoms with Gasteiger partial charge in [-0.1, -0.05) is 6.07 Å². The molecule has 0 unspecified atom stereocenters. The summed E-state index contributed by atoms with van der Waals surface area (Å²) in [5.41, 5.74) is -3.45. The zero-order valence-electron chi connectivity index (χ0n) is 7.26. The third-order valence-corrected chi connectivity index (χ3v) is 2.47. The van der Waals surface area contributed by atoms with Crippen molar-refractivity contribution in [2.75, 3.05) is 0 Å². The van der Waals surface area contributed by atoms with Crippen molar-refractivity contribution >= 4 is 18.0 Å². The van der Waals surface area contributed by atoms with E-state index in [4.69, 9.17) is 0 Å². The maximum absolute atomic E-state index is 12.0. The Bertz CT molecular complexity index is 346. The lowest BCUT2D eigenvalue weighted by molar-refractivity contribution is -0.0328. The van der Waals surface area contributed by atoms with Crippen molar-refractivity contribution < 1.29 is 18.0 Å². The molecule has 5 heteroatoms. The van der Waals surface area contributed by atoms with Gasteiger partial charge >= 0.3 is 5.51 Å². The number of aryl methyl sites for hydroxylation is 1. The number of benzene rings is 1. The lowest BCUT2D eigenvalue weighted by atomic mass is 10.2. The van der Waals surface area contributed by atoms with Crippen molar-refractivity contribution in [3.05, 3.63) is 29.3 Å². The number of alkyl halides is 3. The van der Waals surface area contributed by atoms with E-state index in [-0.39, 0.29) is 16.7 Å². The first kappa shape index (κ1) is 11.1. The van der Waals surface area contributed by atoms with Gasteiger partial charge in [-0.2, -0.15) is 13.2 Å². The van der Waals surface area contributed by atoms with E-state index in [2.05, 4.69) is 0 Å². The van der Waals surface area contributed by atoms with Gasteiger partial charge in [-0.15, -0.1) is 0 Å². The highest BCUT2D eigenvalue weighted by Crippen LogP contribution is 2.38. The van der Waals surface area contributed by atoms with Gasteiger partial charge in [0.15, 0.2) is 0 Å². The number of carbonyl (C=O) groups is 1. The first-order chi connectivity index (χ1) is 6.42. The third-order valence-electron chi connectivity index (χ3n) is 1.56. The van der Waals surface area contributed by atoms with E-state index in [1.807, 2.05) is 0 Å². The van der Waals surface area contributed by atoms with Crippen LogP contribution in [-0.4, -0.2) is 11.8 Å². The van der Waals surface area contributed by atoms with Gasteiger partial charge in [-0.05, 0) is 36.4 Å². The highest BCUT2D eigenvalue weighted by atomic mass is 32.2. The molecule has 0 spiro atoms. The molecule has 1 aromatic rings. The van der Waals surface area contributed by atoms with E-state index in [9.17, 15) is 18.0 Å². The van der Waals surface area contributed by atoms with E-state index in [0.29, 0.717) is 17.4 Å². The molecule has 1 rings (SSSR count). The Labute approximate surface area is 83.3 Å². The molecule has 0 heterocycles. The van der Waals surface area contributed by atoms with Crippen LogP contribution in [0.5, 0.6) is 0 Å². The summed E-state index contributed by atoms with van der Waals surface area (Å²) in [6, 6.07) is 4.10. The van der Waals surface area contributed by atoms with Crippen LogP contribution in [0.4, 0.5) is 13.2 Å². The number of carbonyl (C=O) groups excluding carboxylic acids is 1. The minimum atomic E-state index is -4.28. The van der Waals surface area contributed by atoms with Crippen LogP contribution >= 0.6 is 11.8 Å². The maximum atomic E-state index is 12.0. The molecular weight excluding hydrogens is 213 g/mol. The van der Waals surface area contributed by atoms with Crippen LogP contribution in [0.2, 0.25) is 0 Å². The van der Waals surface area contributed by atoms with Gasteiger partial charge in [0.2, 0.25) is 0 Å². The molecule has 0 aliphatic carbocycles. The van der Waals surface area contributed by atoms with Gasteiger partial charge in [0.05, 0.1) is 0 Å². The SMILES string of the molecule is Cc1cc(C=O)ccc1SC(F)(F)F. The summed E-state index contributed by atoms with van der Waals surface area (Å²) >= 11 is -0.169. The second-order valence-corrected chi connectivity index (χ2v) is 3.80. The van der Waals surface area contributed by atoms with Crippen molar-refractivity contribution in [1.29, 1.82) is 0 Å². The molecule has 0 aliphatic heterocycles. The molecule has 1 nitrogen and oxygen atoms in total. The molecule has 1 aromatic carbocycles. The molecule has 0 amide bonds. The maximum Gasteiger partial charge on any atom is 0.446 e. The predicted octanol–water partition coefficient (Wildman–Crippen LogP) is 3.42. The molecule has 0 fully saturated rings. The van der Waals surface area contributed by atoms with Gasteiger partial charge < -0.3 is 0 Å². The lowest BCUT2D eigenvalue weighted by Gasteiger charge is -2.08. The fourth-order valence-corrected chi connectivity index (χ4v) is 1.59. The van der Waals surface area contributed by atoms with Crippen LogP contribution in [-0.2, 0) is 0 Å². The van der Waals surface area contributed by atoms with E-state index < -0.39 is 5.51 Å². The average molecular weight is 220 g/mol. The molecular formula is C9H7F3OS. The number of hydrogen-bond acceptors (Lipinski definition) is 2. The van der Waals surface area contributed by atoms with Gasteiger partial charge in [0.1, 0.15) is 6.29 Å². The van der Waals surface area contributed by atoms with Crippen LogP contribution in [0, 0.1) is 6.92 Å². The van der Waals surface area contributed by atoms with Crippen LogP contribution in [0.1, 0.15) is 15.9 Å². The molecule has 0 aliphatic rings. The highest BCUT2D eigenvalue weighted by molar-refractivity contribution is 8.00. The van der Waals surface area contributed by atoms with Crippen LogP contribution < -0.4 is 0 Å². The highest BCUT2D eigenvalue weighted by Gasteiger charge is 2.29. The Balaban J connectivity index is 2.95. The van der Waals surface area contributed by atoms with E-state index in [1.54, 1.807) is 6.92 Å². The van der Waals surface area contributed by atoms with Gasteiger partial charge in [-0.3, -0.25) is 4.79 Å². The normalized spacial score (nSPS) is 11.4. The van der Waals surface area contributed by atoms with Gasteiger partial charge in [0, 0.05) is 10.5 Å². The Morgan fingerprint density at radius 2 is 2.00 bits per heavy atom. The zero-order valence-corrected chi connectivity index (χ0v) is 8.08. The summed E-state index contributed by atoms with van der Waals surface area (Å²) in [6.07, 6.45) is 0.606. The Kier molecular flexibility index (Phi) is 3.21. The number of thioether (sulfide) groups is 1. The largest absolute Gasteiger partial charge is 0.446 e. The number of halogens is 3. The second-order valence-electron chi connectivity index (χ2n) is 2.69. The summed E-state index contributed by atoms with van der Waals surface area (Å²) < 4.78 is 36.0. The fourth-order valence-electron chi connectivity index (χ4n) is 0.985. The van der Waals surface area contributed by atoms with Crippen molar-refractivity contribution in [2.45, 2.75) is 17.3 Å². The second kappa shape index (κ2) is 4.04. The summed E-state index contributed by atoms with van der Waals surface area (Å²) in [4.78, 5) is 10.5. The van der Waals surface area contributed by atoms with Crippen LogP contribution in [0.15, 0.2) is 23.1 Å². The zero-order chi connectivity index (χ0) is 10.8. The standard InChI is InChI=1S/C9H7F3OS/c1-6-4-7(5-13)2-3-8(6)14-9(10,11)12/h2-5H,1H3. The van der Waals surface area contributed by atoms with Crippen LogP contribution in [0.3, 0.4) is 0 Å².